The van der Waals surface area contributed by atoms with E-state index in [1.54, 1.807) is 17.5 Å². The number of hydrogen-bond acceptors (Lipinski definition) is 6. The quantitative estimate of drug-likeness (QED) is 0.751. The van der Waals surface area contributed by atoms with E-state index in [9.17, 15) is 13.2 Å². The Morgan fingerprint density at radius 2 is 1.90 bits per heavy atom. The maximum absolute atomic E-state index is 12.8. The molecule has 2 fully saturated rings. The number of rotatable bonds is 6. The van der Waals surface area contributed by atoms with Gasteiger partial charge in [-0.2, -0.15) is 4.31 Å². The molecule has 1 amide bonds. The van der Waals surface area contributed by atoms with Crippen molar-refractivity contribution in [2.45, 2.75) is 29.6 Å². The van der Waals surface area contributed by atoms with E-state index in [0.29, 0.717) is 25.9 Å². The summed E-state index contributed by atoms with van der Waals surface area (Å²) in [6, 6.07) is 10.8. The predicted octanol–water partition coefficient (Wildman–Crippen LogP) is 2.05. The Morgan fingerprint density at radius 1 is 1.14 bits per heavy atom. The van der Waals surface area contributed by atoms with Gasteiger partial charge in [-0.05, 0) is 42.0 Å². The van der Waals surface area contributed by atoms with Crippen molar-refractivity contribution in [3.63, 3.8) is 0 Å². The highest BCUT2D eigenvalue weighted by atomic mass is 32.2. The van der Waals surface area contributed by atoms with Crippen LogP contribution < -0.4 is 10.2 Å². The summed E-state index contributed by atoms with van der Waals surface area (Å²) in [5.41, 5.74) is 2.13. The largest absolute Gasteiger partial charge is 0.378 e. The molecule has 1 N–H and O–H groups in total. The summed E-state index contributed by atoms with van der Waals surface area (Å²) < 4.78 is 32.6. The van der Waals surface area contributed by atoms with Gasteiger partial charge >= 0.3 is 0 Å². The van der Waals surface area contributed by atoms with Crippen LogP contribution in [0.1, 0.15) is 18.4 Å². The molecule has 7 nitrogen and oxygen atoms in total. The first-order chi connectivity index (χ1) is 14.1. The average Bonchev–Trinajstić information content (AvgIpc) is 3.46. The molecule has 4 rings (SSSR count). The Labute approximate surface area is 175 Å². The molecule has 2 aromatic rings. The van der Waals surface area contributed by atoms with E-state index in [-0.39, 0.29) is 10.1 Å². The van der Waals surface area contributed by atoms with Crippen LogP contribution in [0.2, 0.25) is 0 Å². The minimum absolute atomic E-state index is 0.236. The molecule has 2 aliphatic rings. The Morgan fingerprint density at radius 3 is 2.59 bits per heavy atom. The summed E-state index contributed by atoms with van der Waals surface area (Å²) in [6.45, 7) is 4.00. The molecule has 0 spiro atoms. The van der Waals surface area contributed by atoms with Gasteiger partial charge in [0.05, 0.1) is 13.2 Å². The number of ether oxygens (including phenoxy) is 1. The molecule has 0 radical (unpaired) electrons. The molecule has 1 unspecified atom stereocenters. The van der Waals surface area contributed by atoms with E-state index in [4.69, 9.17) is 4.74 Å². The number of hydrogen-bond donors (Lipinski definition) is 1. The molecule has 0 bridgehead atoms. The second-order valence-corrected chi connectivity index (χ2v) is 10.3. The van der Waals surface area contributed by atoms with Gasteiger partial charge in [0.25, 0.3) is 10.0 Å². The standard InChI is InChI=1S/C20H25N3O4S2/c24-20(18-3-1-9-23(18)29(25,26)19-4-2-14-28-19)21-15-16-5-7-17(8-6-16)22-10-12-27-13-11-22/h2,4-8,14,18H,1,3,9-13,15H2,(H,21,24). The maximum Gasteiger partial charge on any atom is 0.253 e. The van der Waals surface area contributed by atoms with Gasteiger partial charge in [0.1, 0.15) is 10.3 Å². The molecule has 156 valence electrons. The molecular weight excluding hydrogens is 410 g/mol. The number of benzene rings is 1. The van der Waals surface area contributed by atoms with Gasteiger partial charge in [-0.1, -0.05) is 18.2 Å². The van der Waals surface area contributed by atoms with Gasteiger partial charge in [-0.15, -0.1) is 11.3 Å². The van der Waals surface area contributed by atoms with E-state index in [1.165, 1.54) is 15.6 Å². The second-order valence-electron chi connectivity index (χ2n) is 7.19. The van der Waals surface area contributed by atoms with Crippen LogP contribution in [-0.4, -0.2) is 57.5 Å². The monoisotopic (exact) mass is 435 g/mol. The zero-order valence-electron chi connectivity index (χ0n) is 16.1. The van der Waals surface area contributed by atoms with E-state index in [2.05, 4.69) is 22.3 Å². The highest BCUT2D eigenvalue weighted by molar-refractivity contribution is 7.91. The molecule has 0 saturated carbocycles. The van der Waals surface area contributed by atoms with Crippen molar-refractivity contribution < 1.29 is 17.9 Å². The topological polar surface area (TPSA) is 79.0 Å². The Balaban J connectivity index is 1.36. The fourth-order valence-corrected chi connectivity index (χ4v) is 6.54. The molecule has 1 aromatic carbocycles. The Bertz CT molecular complexity index is 923. The number of nitrogens with one attached hydrogen (secondary N) is 1. The van der Waals surface area contributed by atoms with Crippen LogP contribution in [0.15, 0.2) is 46.0 Å². The van der Waals surface area contributed by atoms with Crippen molar-refractivity contribution >= 4 is 33.0 Å². The van der Waals surface area contributed by atoms with Gasteiger partial charge in [-0.25, -0.2) is 8.42 Å². The first-order valence-electron chi connectivity index (χ1n) is 9.80. The Kier molecular flexibility index (Phi) is 6.19. The summed E-state index contributed by atoms with van der Waals surface area (Å²) in [5, 5.41) is 4.65. The van der Waals surface area contributed by atoms with Crippen molar-refractivity contribution in [2.75, 3.05) is 37.7 Å². The lowest BCUT2D eigenvalue weighted by molar-refractivity contribution is -0.124. The van der Waals surface area contributed by atoms with Crippen molar-refractivity contribution in [1.29, 1.82) is 0 Å². The Hall–Kier alpha value is -1.94. The second kappa shape index (κ2) is 8.83. The smallest absolute Gasteiger partial charge is 0.253 e. The molecule has 2 aliphatic heterocycles. The van der Waals surface area contributed by atoms with Crippen LogP contribution in [0.5, 0.6) is 0 Å². The number of amides is 1. The lowest BCUT2D eigenvalue weighted by atomic mass is 10.1. The van der Waals surface area contributed by atoms with Crippen LogP contribution in [0.25, 0.3) is 0 Å². The molecule has 1 atom stereocenters. The van der Waals surface area contributed by atoms with E-state index in [1.807, 2.05) is 12.1 Å². The van der Waals surface area contributed by atoms with E-state index in [0.717, 1.165) is 37.6 Å². The number of morpholine rings is 1. The molecule has 3 heterocycles. The first kappa shape index (κ1) is 20.3. The molecule has 9 heteroatoms. The van der Waals surface area contributed by atoms with Crippen LogP contribution in [0.3, 0.4) is 0 Å². The summed E-state index contributed by atoms with van der Waals surface area (Å²) in [6.07, 6.45) is 1.24. The van der Waals surface area contributed by atoms with Gasteiger partial charge < -0.3 is 15.0 Å². The highest BCUT2D eigenvalue weighted by Gasteiger charge is 2.39. The van der Waals surface area contributed by atoms with Crippen LogP contribution in [0, 0.1) is 0 Å². The number of nitrogens with zero attached hydrogens (tertiary/aromatic N) is 2. The van der Waals surface area contributed by atoms with Gasteiger partial charge in [0.2, 0.25) is 5.91 Å². The molecule has 2 saturated heterocycles. The van der Waals surface area contributed by atoms with Gasteiger partial charge in [-0.3, -0.25) is 4.79 Å². The van der Waals surface area contributed by atoms with Crippen LogP contribution in [-0.2, 0) is 26.1 Å². The summed E-state index contributed by atoms with van der Waals surface area (Å²) in [5.74, 6) is -0.236. The fourth-order valence-electron chi connectivity index (χ4n) is 3.77. The third-order valence-electron chi connectivity index (χ3n) is 5.34. The summed E-state index contributed by atoms with van der Waals surface area (Å²) in [7, 11) is -3.62. The highest BCUT2D eigenvalue weighted by Crippen LogP contribution is 2.28. The van der Waals surface area contributed by atoms with Crippen molar-refractivity contribution in [3.05, 3.63) is 47.3 Å². The SMILES string of the molecule is O=C(NCc1ccc(N2CCOCC2)cc1)C1CCCN1S(=O)(=O)c1cccs1. The number of carbonyl (C=O) groups excluding carboxylic acids is 1. The molecular formula is C20H25N3O4S2. The third-order valence-corrected chi connectivity index (χ3v) is 8.62. The summed E-state index contributed by atoms with van der Waals surface area (Å²) >= 11 is 1.18. The number of anilines is 1. The number of carbonyl (C=O) groups is 1. The van der Waals surface area contributed by atoms with Crippen molar-refractivity contribution in [1.82, 2.24) is 9.62 Å². The molecule has 1 aromatic heterocycles. The van der Waals surface area contributed by atoms with Crippen LogP contribution in [0.4, 0.5) is 5.69 Å². The minimum Gasteiger partial charge on any atom is -0.378 e. The first-order valence-corrected chi connectivity index (χ1v) is 12.1. The van der Waals surface area contributed by atoms with E-state index >= 15 is 0 Å². The van der Waals surface area contributed by atoms with E-state index < -0.39 is 16.1 Å². The minimum atomic E-state index is -3.62. The lowest BCUT2D eigenvalue weighted by Gasteiger charge is -2.29. The predicted molar refractivity (Wildman–Crippen MR) is 113 cm³/mol. The fraction of sp³-hybridized carbons (Fsp3) is 0.450. The molecule has 29 heavy (non-hydrogen) atoms. The van der Waals surface area contributed by atoms with Crippen molar-refractivity contribution in [2.24, 2.45) is 0 Å². The van der Waals surface area contributed by atoms with Gasteiger partial charge in [0.15, 0.2) is 0 Å². The molecule has 0 aliphatic carbocycles. The summed E-state index contributed by atoms with van der Waals surface area (Å²) in [4.78, 5) is 15.0. The normalized spacial score (nSPS) is 20.7. The van der Waals surface area contributed by atoms with Crippen LogP contribution >= 0.6 is 11.3 Å². The lowest BCUT2D eigenvalue weighted by Crippen LogP contribution is -2.45. The third kappa shape index (κ3) is 4.48. The maximum atomic E-state index is 12.8. The average molecular weight is 436 g/mol. The zero-order chi connectivity index (χ0) is 20.3. The zero-order valence-corrected chi connectivity index (χ0v) is 17.8. The number of sulfonamides is 1. The van der Waals surface area contributed by atoms with Gasteiger partial charge in [0, 0.05) is 31.9 Å². The van der Waals surface area contributed by atoms with Crippen molar-refractivity contribution in [3.8, 4) is 0 Å². The number of thiophene rings is 1.